The molecule has 2 aromatic carbocycles. The van der Waals surface area contributed by atoms with Crippen LogP contribution in [0.1, 0.15) is 13.3 Å². The monoisotopic (exact) mass is 478 g/mol. The van der Waals surface area contributed by atoms with Crippen LogP contribution in [0.2, 0.25) is 0 Å². The Kier molecular flexibility index (Phi) is 6.35. The van der Waals surface area contributed by atoms with Crippen LogP contribution in [0.3, 0.4) is 0 Å². The van der Waals surface area contributed by atoms with E-state index in [1.165, 1.54) is 4.90 Å². The number of hydrogen-bond donors (Lipinski definition) is 0. The van der Waals surface area contributed by atoms with Crippen LogP contribution in [-0.2, 0) is 27.9 Å². The van der Waals surface area contributed by atoms with Gasteiger partial charge in [0.25, 0.3) is 0 Å². The number of fused-ring (bicyclic) bond motifs is 1. The summed E-state index contributed by atoms with van der Waals surface area (Å²) in [4.78, 5) is 26.3. The summed E-state index contributed by atoms with van der Waals surface area (Å²) in [6.45, 7) is 2.80. The minimum atomic E-state index is -4.22. The van der Waals surface area contributed by atoms with Crippen LogP contribution in [0, 0.1) is 11.6 Å². The van der Waals surface area contributed by atoms with Crippen molar-refractivity contribution in [3.05, 3.63) is 64.6 Å². The highest BCUT2D eigenvalue weighted by Crippen LogP contribution is 2.22. The molecular weight excluding hydrogens is 454 g/mol. The van der Waals surface area contributed by atoms with E-state index < -0.39 is 26.6 Å². The molecule has 3 aromatic rings. The normalized spacial score (nSPS) is 15.3. The SMILES string of the molecule is CCn1c(=O)n(CCC(=O)N2CCN(S(=O)(=O)c3cc(F)ccc3F)CC2)c2ccccc21. The van der Waals surface area contributed by atoms with E-state index in [1.54, 1.807) is 9.13 Å². The molecule has 0 atom stereocenters. The Bertz CT molecular complexity index is 1360. The number of nitrogens with zero attached hydrogens (tertiary/aromatic N) is 4. The fraction of sp³-hybridized carbons (Fsp3) is 0.364. The van der Waals surface area contributed by atoms with E-state index in [9.17, 15) is 26.8 Å². The molecule has 4 rings (SSSR count). The molecule has 33 heavy (non-hydrogen) atoms. The molecule has 1 aliphatic heterocycles. The van der Waals surface area contributed by atoms with Gasteiger partial charge in [-0.3, -0.25) is 13.9 Å². The molecule has 0 aliphatic carbocycles. The molecule has 0 saturated carbocycles. The number of amides is 1. The number of rotatable bonds is 6. The maximum absolute atomic E-state index is 14.0. The second-order valence-electron chi connectivity index (χ2n) is 7.78. The van der Waals surface area contributed by atoms with Gasteiger partial charge in [-0.15, -0.1) is 0 Å². The maximum atomic E-state index is 14.0. The van der Waals surface area contributed by atoms with E-state index in [0.29, 0.717) is 12.6 Å². The Balaban J connectivity index is 1.42. The van der Waals surface area contributed by atoms with Crippen LogP contribution in [0.5, 0.6) is 0 Å². The summed E-state index contributed by atoms with van der Waals surface area (Å²) in [7, 11) is -4.22. The zero-order valence-corrected chi connectivity index (χ0v) is 18.9. The maximum Gasteiger partial charge on any atom is 0.329 e. The molecule has 176 valence electrons. The van der Waals surface area contributed by atoms with Crippen molar-refractivity contribution in [1.82, 2.24) is 18.3 Å². The van der Waals surface area contributed by atoms with Gasteiger partial charge in [0.1, 0.15) is 16.5 Å². The summed E-state index contributed by atoms with van der Waals surface area (Å²) in [6, 6.07) is 9.68. The molecule has 1 saturated heterocycles. The lowest BCUT2D eigenvalue weighted by atomic mass is 10.3. The number of piperazine rings is 1. The van der Waals surface area contributed by atoms with Crippen molar-refractivity contribution in [3.63, 3.8) is 0 Å². The smallest absolute Gasteiger partial charge is 0.329 e. The molecule has 2 heterocycles. The first-order valence-corrected chi connectivity index (χ1v) is 12.1. The Morgan fingerprint density at radius 1 is 0.970 bits per heavy atom. The first-order chi connectivity index (χ1) is 15.7. The average Bonchev–Trinajstić information content (AvgIpc) is 3.09. The van der Waals surface area contributed by atoms with Gasteiger partial charge < -0.3 is 4.90 Å². The van der Waals surface area contributed by atoms with Gasteiger partial charge in [0, 0.05) is 45.7 Å². The van der Waals surface area contributed by atoms with Gasteiger partial charge in [-0.1, -0.05) is 12.1 Å². The fourth-order valence-corrected chi connectivity index (χ4v) is 5.65. The molecule has 0 spiro atoms. The Labute approximate surface area is 189 Å². The standard InChI is InChI=1S/C22H24F2N4O4S/c1-2-27-18-5-3-4-6-19(18)28(22(27)30)10-9-21(29)25-11-13-26(14-12-25)33(31,32)20-15-16(23)7-8-17(20)24/h3-8,15H,2,9-14H2,1H3. The number of benzene rings is 2. The number of para-hydroxylation sites is 2. The molecule has 0 bridgehead atoms. The summed E-state index contributed by atoms with van der Waals surface area (Å²) in [5.41, 5.74) is 1.38. The zero-order valence-electron chi connectivity index (χ0n) is 18.1. The van der Waals surface area contributed by atoms with Crippen molar-refractivity contribution >= 4 is 27.0 Å². The number of aryl methyl sites for hydroxylation is 2. The van der Waals surface area contributed by atoms with E-state index in [0.717, 1.165) is 27.5 Å². The van der Waals surface area contributed by atoms with Crippen molar-refractivity contribution in [2.75, 3.05) is 26.2 Å². The van der Waals surface area contributed by atoms with E-state index in [2.05, 4.69) is 0 Å². The van der Waals surface area contributed by atoms with Crippen LogP contribution < -0.4 is 5.69 Å². The van der Waals surface area contributed by atoms with Crippen molar-refractivity contribution in [1.29, 1.82) is 0 Å². The van der Waals surface area contributed by atoms with Gasteiger partial charge in [0.05, 0.1) is 11.0 Å². The fourth-order valence-electron chi connectivity index (χ4n) is 4.15. The molecule has 0 unspecified atom stereocenters. The highest BCUT2D eigenvalue weighted by Gasteiger charge is 2.32. The summed E-state index contributed by atoms with van der Waals surface area (Å²) < 4.78 is 57.2. The minimum Gasteiger partial charge on any atom is -0.340 e. The third-order valence-corrected chi connectivity index (χ3v) is 7.81. The molecule has 1 amide bonds. The minimum absolute atomic E-state index is 0.0287. The predicted octanol–water partition coefficient (Wildman–Crippen LogP) is 2.02. The van der Waals surface area contributed by atoms with Crippen molar-refractivity contribution in [3.8, 4) is 0 Å². The molecule has 11 heteroatoms. The number of aromatic nitrogens is 2. The second kappa shape index (κ2) is 9.06. The lowest BCUT2D eigenvalue weighted by Crippen LogP contribution is -2.50. The Hall–Kier alpha value is -3.05. The molecule has 0 radical (unpaired) electrons. The van der Waals surface area contributed by atoms with E-state index >= 15 is 0 Å². The van der Waals surface area contributed by atoms with Crippen LogP contribution in [0.25, 0.3) is 11.0 Å². The lowest BCUT2D eigenvalue weighted by molar-refractivity contribution is -0.132. The summed E-state index contributed by atoms with van der Waals surface area (Å²) in [6.07, 6.45) is 0.0862. The third kappa shape index (κ3) is 4.30. The lowest BCUT2D eigenvalue weighted by Gasteiger charge is -2.34. The number of carbonyl (C=O) groups excluding carboxylic acids is 1. The second-order valence-corrected chi connectivity index (χ2v) is 9.68. The molecule has 1 aromatic heterocycles. The number of sulfonamides is 1. The zero-order chi connectivity index (χ0) is 23.8. The summed E-state index contributed by atoms with van der Waals surface area (Å²) >= 11 is 0. The van der Waals surface area contributed by atoms with Gasteiger partial charge in [0.2, 0.25) is 15.9 Å². The van der Waals surface area contributed by atoms with Gasteiger partial charge in [-0.2, -0.15) is 4.31 Å². The van der Waals surface area contributed by atoms with Crippen molar-refractivity contribution < 1.29 is 22.0 Å². The highest BCUT2D eigenvalue weighted by molar-refractivity contribution is 7.89. The Morgan fingerprint density at radius 2 is 1.61 bits per heavy atom. The molecular formula is C22H24F2N4O4S. The van der Waals surface area contributed by atoms with Crippen LogP contribution in [-0.4, -0.2) is 58.8 Å². The van der Waals surface area contributed by atoms with E-state index in [1.807, 2.05) is 31.2 Å². The molecule has 0 N–H and O–H groups in total. The predicted molar refractivity (Wildman–Crippen MR) is 118 cm³/mol. The molecule has 1 aliphatic rings. The first-order valence-electron chi connectivity index (χ1n) is 10.6. The van der Waals surface area contributed by atoms with Crippen molar-refractivity contribution in [2.45, 2.75) is 31.3 Å². The molecule has 8 nitrogen and oxygen atoms in total. The van der Waals surface area contributed by atoms with Gasteiger partial charge >= 0.3 is 5.69 Å². The summed E-state index contributed by atoms with van der Waals surface area (Å²) in [5.74, 6) is -2.07. The topological polar surface area (TPSA) is 84.6 Å². The number of halogens is 2. The van der Waals surface area contributed by atoms with Crippen LogP contribution in [0.15, 0.2) is 52.2 Å². The van der Waals surface area contributed by atoms with E-state index in [4.69, 9.17) is 0 Å². The largest absolute Gasteiger partial charge is 0.340 e. The van der Waals surface area contributed by atoms with Crippen LogP contribution >= 0.6 is 0 Å². The number of imidazole rings is 1. The quantitative estimate of drug-likeness (QED) is 0.543. The first kappa shape index (κ1) is 23.1. The Morgan fingerprint density at radius 3 is 2.24 bits per heavy atom. The third-order valence-electron chi connectivity index (χ3n) is 5.89. The summed E-state index contributed by atoms with van der Waals surface area (Å²) in [5, 5.41) is 0. The van der Waals surface area contributed by atoms with Gasteiger partial charge in [-0.05, 0) is 37.3 Å². The number of hydrogen-bond acceptors (Lipinski definition) is 4. The molecule has 1 fully saturated rings. The van der Waals surface area contributed by atoms with Crippen molar-refractivity contribution in [2.24, 2.45) is 0 Å². The van der Waals surface area contributed by atoms with E-state index in [-0.39, 0.29) is 50.7 Å². The average molecular weight is 479 g/mol. The van der Waals surface area contributed by atoms with Gasteiger partial charge in [-0.25, -0.2) is 22.0 Å². The van der Waals surface area contributed by atoms with Crippen LogP contribution in [0.4, 0.5) is 8.78 Å². The highest BCUT2D eigenvalue weighted by atomic mass is 32.2. The van der Waals surface area contributed by atoms with Gasteiger partial charge in [0.15, 0.2) is 0 Å². The number of carbonyl (C=O) groups is 1.